The van der Waals surface area contributed by atoms with Gasteiger partial charge in [0.05, 0.1) is 32.5 Å². The van der Waals surface area contributed by atoms with Gasteiger partial charge in [-0.05, 0) is 124 Å². The third-order valence-electron chi connectivity index (χ3n) is 12.8. The summed E-state index contributed by atoms with van der Waals surface area (Å²) in [4.78, 5) is 5.47. The van der Waals surface area contributed by atoms with Gasteiger partial charge in [0.1, 0.15) is 0 Å². The summed E-state index contributed by atoms with van der Waals surface area (Å²) in [6.07, 6.45) is 0. The van der Waals surface area contributed by atoms with E-state index in [1.807, 2.05) is 18.2 Å². The summed E-state index contributed by atoms with van der Waals surface area (Å²) < 4.78 is 26.7. The molecule has 294 valence electrons. The minimum absolute atomic E-state index is 0.184. The van der Waals surface area contributed by atoms with Crippen molar-refractivity contribution in [1.82, 2.24) is 0 Å². The summed E-state index contributed by atoms with van der Waals surface area (Å²) in [6.45, 7) is 11.5. The van der Waals surface area contributed by atoms with Crippen LogP contribution in [-0.2, 0) is 20.7 Å². The molecule has 0 saturated heterocycles. The number of hydrogen-bond donors (Lipinski definition) is 0. The van der Waals surface area contributed by atoms with Gasteiger partial charge in [-0.15, -0.1) is 0 Å². The van der Waals surface area contributed by atoms with E-state index < -0.39 is 9.84 Å². The first-order valence-electron chi connectivity index (χ1n) is 20.6. The predicted octanol–water partition coefficient (Wildman–Crippen LogP) is 14.4. The first kappa shape index (κ1) is 37.6. The number of benzene rings is 8. The standard InChI is InChI=1S/C55H46N2O2S/c1-37-33-39(38-27-30-44(31-28-38)60(58,59)43-17-7-6-8-18-43)29-32-45(37)40-34-41(56-50-23-13-9-19-46(50)54(2,3)47-20-10-14-24-51(47)56)36-42(35-40)57-52-25-15-11-21-48(52)55(4,5)49-22-12-16-26-53(49)57/h6-36H,1-5H3. The highest BCUT2D eigenvalue weighted by atomic mass is 32.2. The van der Waals surface area contributed by atoms with Crippen LogP contribution >= 0.6 is 0 Å². The Morgan fingerprint density at radius 2 is 0.767 bits per heavy atom. The molecule has 0 saturated carbocycles. The van der Waals surface area contributed by atoms with Crippen LogP contribution in [0.3, 0.4) is 0 Å². The Kier molecular flexibility index (Phi) is 8.74. The molecule has 0 aromatic heterocycles. The van der Waals surface area contributed by atoms with Gasteiger partial charge < -0.3 is 9.80 Å². The number of nitrogens with zero attached hydrogens (tertiary/aromatic N) is 2. The second-order valence-corrected chi connectivity index (χ2v) is 19.0. The van der Waals surface area contributed by atoms with Gasteiger partial charge >= 0.3 is 0 Å². The highest BCUT2D eigenvalue weighted by molar-refractivity contribution is 7.91. The van der Waals surface area contributed by atoms with Gasteiger partial charge in [0.2, 0.25) is 9.84 Å². The molecular formula is C55H46N2O2S. The lowest BCUT2D eigenvalue weighted by Crippen LogP contribution is -2.31. The van der Waals surface area contributed by atoms with Crippen molar-refractivity contribution in [3.8, 4) is 22.3 Å². The maximum atomic E-state index is 13.4. The van der Waals surface area contributed by atoms with Crippen LogP contribution in [0.2, 0.25) is 0 Å². The summed E-state index contributed by atoms with van der Waals surface area (Å²) in [5.41, 5.74) is 17.0. The summed E-state index contributed by atoms with van der Waals surface area (Å²) in [6, 6.07) is 64.7. The average molecular weight is 799 g/mol. The molecule has 4 nitrogen and oxygen atoms in total. The third-order valence-corrected chi connectivity index (χ3v) is 14.6. The lowest BCUT2D eigenvalue weighted by molar-refractivity contribution is 0.596. The zero-order valence-corrected chi connectivity index (χ0v) is 35.3. The van der Waals surface area contributed by atoms with Gasteiger partial charge in [-0.3, -0.25) is 0 Å². The van der Waals surface area contributed by atoms with Crippen LogP contribution in [0.25, 0.3) is 22.3 Å². The lowest BCUT2D eigenvalue weighted by Gasteiger charge is -2.43. The van der Waals surface area contributed by atoms with Crippen molar-refractivity contribution in [3.05, 3.63) is 216 Å². The van der Waals surface area contributed by atoms with Crippen LogP contribution in [0, 0.1) is 6.92 Å². The smallest absolute Gasteiger partial charge is 0.206 e. The molecule has 10 rings (SSSR count). The number of aryl methyl sites for hydroxylation is 1. The normalized spacial score (nSPS) is 14.8. The van der Waals surface area contributed by atoms with Crippen LogP contribution < -0.4 is 9.80 Å². The zero-order valence-electron chi connectivity index (χ0n) is 34.5. The highest BCUT2D eigenvalue weighted by Crippen LogP contribution is 2.55. The quantitative estimate of drug-likeness (QED) is 0.168. The maximum Gasteiger partial charge on any atom is 0.206 e. The first-order valence-corrected chi connectivity index (χ1v) is 22.1. The Bertz CT molecular complexity index is 2850. The maximum absolute atomic E-state index is 13.4. The van der Waals surface area contributed by atoms with Crippen LogP contribution in [-0.4, -0.2) is 8.42 Å². The molecule has 8 aromatic rings. The molecular weight excluding hydrogens is 753 g/mol. The molecule has 0 amide bonds. The number of sulfone groups is 1. The number of rotatable bonds is 6. The van der Waals surface area contributed by atoms with Crippen molar-refractivity contribution in [2.24, 2.45) is 0 Å². The van der Waals surface area contributed by atoms with Gasteiger partial charge in [-0.25, -0.2) is 8.42 Å². The van der Waals surface area contributed by atoms with E-state index in [4.69, 9.17) is 0 Å². The molecule has 0 aliphatic carbocycles. The summed E-state index contributed by atoms with van der Waals surface area (Å²) in [7, 11) is -3.61. The molecule has 0 N–H and O–H groups in total. The number of fused-ring (bicyclic) bond motifs is 4. The van der Waals surface area contributed by atoms with E-state index in [2.05, 4.69) is 178 Å². The van der Waals surface area contributed by atoms with Crippen molar-refractivity contribution in [3.63, 3.8) is 0 Å². The Balaban J connectivity index is 1.15. The lowest BCUT2D eigenvalue weighted by atomic mass is 9.73. The Morgan fingerprint density at radius 3 is 1.20 bits per heavy atom. The second-order valence-electron chi connectivity index (χ2n) is 17.1. The van der Waals surface area contributed by atoms with Crippen LogP contribution in [0.4, 0.5) is 34.1 Å². The molecule has 2 aliphatic heterocycles. The van der Waals surface area contributed by atoms with E-state index in [0.29, 0.717) is 4.90 Å². The van der Waals surface area contributed by atoms with E-state index in [-0.39, 0.29) is 15.7 Å². The van der Waals surface area contributed by atoms with E-state index in [1.54, 1.807) is 36.4 Å². The van der Waals surface area contributed by atoms with Gasteiger partial charge in [-0.2, -0.15) is 0 Å². The van der Waals surface area contributed by atoms with Crippen LogP contribution in [0.5, 0.6) is 0 Å². The first-order chi connectivity index (χ1) is 28.9. The van der Waals surface area contributed by atoms with E-state index >= 15 is 0 Å². The topological polar surface area (TPSA) is 40.6 Å². The molecule has 0 atom stereocenters. The van der Waals surface area contributed by atoms with E-state index in [9.17, 15) is 8.42 Å². The minimum Gasteiger partial charge on any atom is -0.310 e. The van der Waals surface area contributed by atoms with Crippen molar-refractivity contribution in [2.45, 2.75) is 55.2 Å². The van der Waals surface area contributed by atoms with Gasteiger partial charge in [0, 0.05) is 22.2 Å². The summed E-state index contributed by atoms with van der Waals surface area (Å²) in [5.74, 6) is 0. The fraction of sp³-hybridized carbons (Fsp3) is 0.127. The molecule has 60 heavy (non-hydrogen) atoms. The number of anilines is 6. The molecule has 0 bridgehead atoms. The fourth-order valence-electron chi connectivity index (χ4n) is 9.63. The molecule has 2 aliphatic rings. The van der Waals surface area contributed by atoms with Gasteiger partial charge in [-0.1, -0.05) is 149 Å². The predicted molar refractivity (Wildman–Crippen MR) is 248 cm³/mol. The molecule has 2 heterocycles. The minimum atomic E-state index is -3.61. The van der Waals surface area contributed by atoms with Gasteiger partial charge in [0.15, 0.2) is 0 Å². The van der Waals surface area contributed by atoms with Crippen molar-refractivity contribution in [2.75, 3.05) is 9.80 Å². The molecule has 0 fully saturated rings. The van der Waals surface area contributed by atoms with Crippen LogP contribution in [0.1, 0.15) is 55.5 Å². The number of para-hydroxylation sites is 4. The monoisotopic (exact) mass is 798 g/mol. The van der Waals surface area contributed by atoms with Crippen molar-refractivity contribution in [1.29, 1.82) is 0 Å². The summed E-state index contributed by atoms with van der Waals surface area (Å²) in [5, 5.41) is 0. The third kappa shape index (κ3) is 5.90. The summed E-state index contributed by atoms with van der Waals surface area (Å²) >= 11 is 0. The van der Waals surface area contributed by atoms with Crippen molar-refractivity contribution >= 4 is 44.0 Å². The van der Waals surface area contributed by atoms with E-state index in [0.717, 1.165) is 39.2 Å². The largest absolute Gasteiger partial charge is 0.310 e. The fourth-order valence-corrected chi connectivity index (χ4v) is 10.9. The second kappa shape index (κ2) is 14.0. The van der Waals surface area contributed by atoms with Crippen molar-refractivity contribution < 1.29 is 8.42 Å². The molecule has 0 unspecified atom stereocenters. The molecule has 0 radical (unpaired) electrons. The average Bonchev–Trinajstić information content (AvgIpc) is 3.27. The Hall–Kier alpha value is -6.69. The Morgan fingerprint density at radius 1 is 0.383 bits per heavy atom. The Labute approximate surface area is 354 Å². The van der Waals surface area contributed by atoms with E-state index in [1.165, 1.54) is 45.0 Å². The zero-order chi connectivity index (χ0) is 41.4. The van der Waals surface area contributed by atoms with Gasteiger partial charge in [0.25, 0.3) is 0 Å². The molecule has 5 heteroatoms. The molecule has 0 spiro atoms. The number of hydrogen-bond acceptors (Lipinski definition) is 4. The highest BCUT2D eigenvalue weighted by Gasteiger charge is 2.39. The molecule has 8 aromatic carbocycles. The van der Waals surface area contributed by atoms with Crippen LogP contribution in [0.15, 0.2) is 198 Å². The SMILES string of the molecule is Cc1cc(-c2ccc(S(=O)(=O)c3ccccc3)cc2)ccc1-c1cc(N2c3ccccc3C(C)(C)c3ccccc32)cc(N2c3ccccc3C(C)(C)c3ccccc32)c1.